The highest BCUT2D eigenvalue weighted by Crippen LogP contribution is 2.11. The van der Waals surface area contributed by atoms with Crippen molar-refractivity contribution >= 4 is 11.8 Å². The number of nitrogens with one attached hydrogen (secondary N) is 1. The molecule has 1 rings (SSSR count). The number of rotatable bonds is 5. The number of carbonyl (C=O) groups is 2. The maximum absolute atomic E-state index is 12.1. The first-order chi connectivity index (χ1) is 8.49. The minimum Gasteiger partial charge on any atom is -0.358 e. The monoisotopic (exact) mass is 253 g/mol. The third-order valence-corrected chi connectivity index (χ3v) is 2.66. The molecule has 0 saturated heterocycles. The van der Waals surface area contributed by atoms with Gasteiger partial charge in [0.05, 0.1) is 12.7 Å². The van der Waals surface area contributed by atoms with Crippen LogP contribution in [0.4, 0.5) is 0 Å². The highest BCUT2D eigenvalue weighted by atomic mass is 16.2. The number of nitrogens with zero attached hydrogens (tertiary/aromatic N) is 3. The molecule has 0 spiro atoms. The Kier molecular flexibility index (Phi) is 4.85. The van der Waals surface area contributed by atoms with Gasteiger partial charge in [0, 0.05) is 32.4 Å². The molecule has 100 valence electrons. The quantitative estimate of drug-likeness (QED) is 0.705. The van der Waals surface area contributed by atoms with Crippen molar-refractivity contribution in [2.45, 2.75) is 13.0 Å². The molecular weight excluding hydrogens is 234 g/mol. The molecule has 0 aliphatic rings. The molecule has 1 atom stereocenters. The van der Waals surface area contributed by atoms with E-state index in [0.717, 1.165) is 0 Å². The molecule has 0 aliphatic carbocycles. The zero-order valence-corrected chi connectivity index (χ0v) is 10.9. The van der Waals surface area contributed by atoms with Crippen LogP contribution in [0.15, 0.2) is 12.4 Å². The second-order valence-corrected chi connectivity index (χ2v) is 3.95. The zero-order chi connectivity index (χ0) is 13.7. The summed E-state index contributed by atoms with van der Waals surface area (Å²) in [5.74, 6) is -0.502. The van der Waals surface area contributed by atoms with Crippen LogP contribution in [0.3, 0.4) is 0 Å². The number of hydrogen-bond donors (Lipinski definition) is 2. The Morgan fingerprint density at radius 2 is 2.28 bits per heavy atom. The molecule has 3 N–H and O–H groups in total. The second-order valence-electron chi connectivity index (χ2n) is 3.95. The first-order valence-corrected chi connectivity index (χ1v) is 5.73. The Hall–Kier alpha value is -1.89. The Morgan fingerprint density at radius 3 is 2.72 bits per heavy atom. The summed E-state index contributed by atoms with van der Waals surface area (Å²) < 4.78 is 1.58. The van der Waals surface area contributed by atoms with E-state index < -0.39 is 6.04 Å². The van der Waals surface area contributed by atoms with E-state index in [9.17, 15) is 9.59 Å². The second kappa shape index (κ2) is 6.15. The Balaban J connectivity index is 2.74. The largest absolute Gasteiger partial charge is 0.358 e. The maximum Gasteiger partial charge on any atom is 0.244 e. The van der Waals surface area contributed by atoms with Gasteiger partial charge in [-0.1, -0.05) is 0 Å². The van der Waals surface area contributed by atoms with Gasteiger partial charge >= 0.3 is 0 Å². The third-order valence-electron chi connectivity index (χ3n) is 2.66. The number of amides is 2. The molecule has 0 aromatic carbocycles. The molecule has 1 unspecified atom stereocenters. The highest BCUT2D eigenvalue weighted by molar-refractivity contribution is 5.87. The number of carbonyl (C=O) groups excluding carboxylic acids is 2. The van der Waals surface area contributed by atoms with Crippen molar-refractivity contribution in [3.8, 4) is 0 Å². The molecule has 18 heavy (non-hydrogen) atoms. The van der Waals surface area contributed by atoms with E-state index in [0.29, 0.717) is 12.1 Å². The van der Waals surface area contributed by atoms with Crippen LogP contribution in [0.5, 0.6) is 0 Å². The molecule has 1 heterocycles. The van der Waals surface area contributed by atoms with Crippen LogP contribution in [0.2, 0.25) is 0 Å². The smallest absolute Gasteiger partial charge is 0.244 e. The minimum atomic E-state index is -0.789. The van der Waals surface area contributed by atoms with E-state index in [1.807, 2.05) is 0 Å². The van der Waals surface area contributed by atoms with Crippen LogP contribution >= 0.6 is 0 Å². The number of aryl methyl sites for hydroxylation is 1. The molecule has 0 aliphatic heterocycles. The Bertz CT molecular complexity index is 429. The molecule has 7 heteroatoms. The summed E-state index contributed by atoms with van der Waals surface area (Å²) in [4.78, 5) is 24.8. The number of aromatic nitrogens is 2. The average Bonchev–Trinajstić information content (AvgIpc) is 2.80. The van der Waals surface area contributed by atoms with Crippen LogP contribution in [0.1, 0.15) is 18.5 Å². The van der Waals surface area contributed by atoms with Gasteiger partial charge in [-0.3, -0.25) is 14.3 Å². The predicted molar refractivity (Wildman–Crippen MR) is 66.5 cm³/mol. The standard InChI is InChI=1S/C11H19N5O2/c1-4-16(7-9(17)13-2)11(18)10(12)8-5-14-15(3)6-8/h5-6,10H,4,7,12H2,1-3H3,(H,13,17). The SMILES string of the molecule is CCN(CC(=O)NC)C(=O)C(N)c1cnn(C)c1. The van der Waals surface area contributed by atoms with Gasteiger partial charge in [0.15, 0.2) is 0 Å². The van der Waals surface area contributed by atoms with Crippen molar-refractivity contribution in [1.29, 1.82) is 0 Å². The average molecular weight is 253 g/mol. The fourth-order valence-corrected chi connectivity index (χ4v) is 1.54. The summed E-state index contributed by atoms with van der Waals surface area (Å²) in [5.41, 5.74) is 6.51. The molecule has 7 nitrogen and oxygen atoms in total. The van der Waals surface area contributed by atoms with Crippen molar-refractivity contribution in [3.05, 3.63) is 18.0 Å². The van der Waals surface area contributed by atoms with E-state index in [2.05, 4.69) is 10.4 Å². The summed E-state index contributed by atoms with van der Waals surface area (Å²) in [5, 5.41) is 6.45. The van der Waals surface area contributed by atoms with Crippen molar-refractivity contribution in [2.24, 2.45) is 12.8 Å². The first-order valence-electron chi connectivity index (χ1n) is 5.73. The van der Waals surface area contributed by atoms with Gasteiger partial charge in [0.1, 0.15) is 6.04 Å². The molecule has 2 amide bonds. The lowest BCUT2D eigenvalue weighted by atomic mass is 10.1. The molecule has 0 fully saturated rings. The van der Waals surface area contributed by atoms with Gasteiger partial charge < -0.3 is 16.0 Å². The van der Waals surface area contributed by atoms with Crippen LogP contribution < -0.4 is 11.1 Å². The molecular formula is C11H19N5O2. The van der Waals surface area contributed by atoms with Crippen LogP contribution in [0, 0.1) is 0 Å². The minimum absolute atomic E-state index is 0.0137. The van der Waals surface area contributed by atoms with E-state index in [1.165, 1.54) is 11.9 Å². The topological polar surface area (TPSA) is 93.2 Å². The molecule has 0 bridgehead atoms. The van der Waals surface area contributed by atoms with Crippen molar-refractivity contribution in [1.82, 2.24) is 20.0 Å². The van der Waals surface area contributed by atoms with Crippen LogP contribution in [0.25, 0.3) is 0 Å². The van der Waals surface area contributed by atoms with E-state index in [-0.39, 0.29) is 18.4 Å². The van der Waals surface area contributed by atoms with Crippen molar-refractivity contribution in [2.75, 3.05) is 20.1 Å². The Labute approximate surface area is 106 Å². The molecule has 0 saturated carbocycles. The summed E-state index contributed by atoms with van der Waals surface area (Å²) in [6.45, 7) is 2.25. The number of hydrogen-bond acceptors (Lipinski definition) is 4. The van der Waals surface area contributed by atoms with Gasteiger partial charge in [-0.15, -0.1) is 0 Å². The lowest BCUT2D eigenvalue weighted by molar-refractivity contribution is -0.136. The molecule has 1 aromatic heterocycles. The lowest BCUT2D eigenvalue weighted by Crippen LogP contribution is -2.43. The van der Waals surface area contributed by atoms with Crippen molar-refractivity contribution < 1.29 is 9.59 Å². The normalized spacial score (nSPS) is 12.0. The Morgan fingerprint density at radius 1 is 1.61 bits per heavy atom. The zero-order valence-electron chi connectivity index (χ0n) is 10.9. The summed E-state index contributed by atoms with van der Waals surface area (Å²) in [6.07, 6.45) is 3.24. The molecule has 1 aromatic rings. The number of likely N-dealkylation sites (N-methyl/N-ethyl adjacent to an activating group) is 2. The van der Waals surface area contributed by atoms with Crippen molar-refractivity contribution in [3.63, 3.8) is 0 Å². The van der Waals surface area contributed by atoms with Gasteiger partial charge in [-0.25, -0.2) is 0 Å². The lowest BCUT2D eigenvalue weighted by Gasteiger charge is -2.22. The maximum atomic E-state index is 12.1. The van der Waals surface area contributed by atoms with E-state index in [4.69, 9.17) is 5.73 Å². The molecule has 0 radical (unpaired) electrons. The summed E-state index contributed by atoms with van der Waals surface area (Å²) in [7, 11) is 3.28. The van der Waals surface area contributed by atoms with Crippen LogP contribution in [-0.4, -0.2) is 46.6 Å². The third kappa shape index (κ3) is 3.30. The van der Waals surface area contributed by atoms with Gasteiger partial charge in [0.2, 0.25) is 11.8 Å². The fraction of sp³-hybridized carbons (Fsp3) is 0.545. The van der Waals surface area contributed by atoms with E-state index >= 15 is 0 Å². The fourth-order valence-electron chi connectivity index (χ4n) is 1.54. The van der Waals surface area contributed by atoms with Crippen LogP contribution in [-0.2, 0) is 16.6 Å². The van der Waals surface area contributed by atoms with Gasteiger partial charge in [-0.2, -0.15) is 5.10 Å². The first kappa shape index (κ1) is 14.2. The van der Waals surface area contributed by atoms with E-state index in [1.54, 1.807) is 31.0 Å². The van der Waals surface area contributed by atoms with Gasteiger partial charge in [-0.05, 0) is 6.92 Å². The summed E-state index contributed by atoms with van der Waals surface area (Å²) in [6, 6.07) is -0.789. The highest BCUT2D eigenvalue weighted by Gasteiger charge is 2.23. The number of nitrogens with two attached hydrogens (primary N) is 1. The van der Waals surface area contributed by atoms with Gasteiger partial charge in [0.25, 0.3) is 0 Å². The summed E-state index contributed by atoms with van der Waals surface area (Å²) >= 11 is 0. The predicted octanol–water partition coefficient (Wildman–Crippen LogP) is -0.986.